The fourth-order valence-electron chi connectivity index (χ4n) is 3.67. The molecule has 3 rings (SSSR count). The average molecular weight is 428 g/mol. The minimum atomic E-state index is 0.261. The first-order valence-corrected chi connectivity index (χ1v) is 10.3. The molecule has 0 saturated heterocycles. The van der Waals surface area contributed by atoms with E-state index in [1.807, 2.05) is 6.07 Å². The lowest BCUT2D eigenvalue weighted by Gasteiger charge is -2.14. The second-order valence-electron chi connectivity index (χ2n) is 7.82. The Morgan fingerprint density at radius 3 is 1.96 bits per heavy atom. The summed E-state index contributed by atoms with van der Waals surface area (Å²) in [7, 11) is 0. The van der Waals surface area contributed by atoms with Gasteiger partial charge in [0.1, 0.15) is 11.5 Å². The van der Waals surface area contributed by atoms with E-state index < -0.39 is 0 Å². The molecule has 2 fully saturated rings. The third kappa shape index (κ3) is 4.55. The largest absolute Gasteiger partial charge is 0.508 e. The molecule has 0 bridgehead atoms. The van der Waals surface area contributed by atoms with Crippen LogP contribution in [-0.2, 0) is 12.8 Å². The van der Waals surface area contributed by atoms with Crippen LogP contribution >= 0.6 is 22.6 Å². The highest BCUT2D eigenvalue weighted by Crippen LogP contribution is 2.52. The summed E-state index contributed by atoms with van der Waals surface area (Å²) in [6.07, 6.45) is 13.4. The van der Waals surface area contributed by atoms with Crippen molar-refractivity contribution in [1.82, 2.24) is 0 Å². The zero-order chi connectivity index (χ0) is 16.5. The predicted octanol–water partition coefficient (Wildman–Crippen LogP) is 5.90. The molecule has 2 nitrogen and oxygen atoms in total. The van der Waals surface area contributed by atoms with Crippen LogP contribution in [0.3, 0.4) is 0 Å². The minimum Gasteiger partial charge on any atom is -0.508 e. The molecule has 1 aromatic carbocycles. The van der Waals surface area contributed by atoms with Gasteiger partial charge in [-0.05, 0) is 86.8 Å². The molecule has 23 heavy (non-hydrogen) atoms. The van der Waals surface area contributed by atoms with E-state index in [0.717, 1.165) is 36.8 Å². The van der Waals surface area contributed by atoms with Gasteiger partial charge in [-0.1, -0.05) is 35.9 Å². The lowest BCUT2D eigenvalue weighted by atomic mass is 9.93. The van der Waals surface area contributed by atoms with Gasteiger partial charge in [-0.3, -0.25) is 0 Å². The number of phenols is 2. The molecule has 2 saturated carbocycles. The molecule has 0 aliphatic heterocycles. The molecule has 3 heteroatoms. The zero-order valence-electron chi connectivity index (χ0n) is 14.2. The molecule has 0 spiro atoms. The van der Waals surface area contributed by atoms with Crippen LogP contribution in [0.25, 0.3) is 0 Å². The molecule has 2 aliphatic carbocycles. The van der Waals surface area contributed by atoms with E-state index >= 15 is 0 Å². The van der Waals surface area contributed by atoms with E-state index in [9.17, 15) is 10.2 Å². The Balaban J connectivity index is 1.55. The van der Waals surface area contributed by atoms with Crippen molar-refractivity contribution < 1.29 is 10.2 Å². The molecule has 0 aromatic heterocycles. The van der Waals surface area contributed by atoms with Gasteiger partial charge in [-0.15, -0.1) is 0 Å². The monoisotopic (exact) mass is 428 g/mol. The third-order valence-electron chi connectivity index (χ3n) is 6.00. The van der Waals surface area contributed by atoms with Gasteiger partial charge in [0.25, 0.3) is 0 Å². The summed E-state index contributed by atoms with van der Waals surface area (Å²) in [6.45, 7) is 2.29. The second-order valence-corrected chi connectivity index (χ2v) is 10.1. The molecule has 0 amide bonds. The van der Waals surface area contributed by atoms with Crippen molar-refractivity contribution in [2.45, 2.75) is 81.0 Å². The number of hydrogen-bond acceptors (Lipinski definition) is 2. The van der Waals surface area contributed by atoms with Crippen LogP contribution in [0.15, 0.2) is 12.1 Å². The Kier molecular flexibility index (Phi) is 5.15. The van der Waals surface area contributed by atoms with Gasteiger partial charge < -0.3 is 10.2 Å². The minimum absolute atomic E-state index is 0.261. The molecule has 0 heterocycles. The van der Waals surface area contributed by atoms with E-state index in [2.05, 4.69) is 29.5 Å². The second kappa shape index (κ2) is 6.81. The summed E-state index contributed by atoms with van der Waals surface area (Å²) in [6, 6.07) is 3.59. The fraction of sp³-hybridized carbons (Fsp3) is 0.700. The van der Waals surface area contributed by atoms with Crippen molar-refractivity contribution in [1.29, 1.82) is 0 Å². The Hall–Kier alpha value is -0.450. The van der Waals surface area contributed by atoms with Gasteiger partial charge in [-0.2, -0.15) is 0 Å². The van der Waals surface area contributed by atoms with Crippen LogP contribution in [0, 0.1) is 5.41 Å². The number of aromatic hydroxyl groups is 2. The van der Waals surface area contributed by atoms with Crippen molar-refractivity contribution in [3.8, 4) is 11.5 Å². The average Bonchev–Trinajstić information content (AvgIpc) is 3.42. The summed E-state index contributed by atoms with van der Waals surface area (Å²) in [5.74, 6) is 0.525. The number of benzene rings is 1. The van der Waals surface area contributed by atoms with Crippen molar-refractivity contribution in [2.75, 3.05) is 0 Å². The van der Waals surface area contributed by atoms with E-state index in [1.54, 1.807) is 6.07 Å². The molecular weight excluding hydrogens is 399 g/mol. The number of halogens is 1. The first-order chi connectivity index (χ1) is 11.0. The fourth-order valence-corrected chi connectivity index (χ4v) is 4.32. The van der Waals surface area contributed by atoms with Gasteiger partial charge in [0.15, 0.2) is 0 Å². The van der Waals surface area contributed by atoms with Crippen LogP contribution in [0.4, 0.5) is 0 Å². The van der Waals surface area contributed by atoms with E-state index in [-0.39, 0.29) is 11.5 Å². The maximum Gasteiger partial charge on any atom is 0.122 e. The molecule has 1 aromatic rings. The van der Waals surface area contributed by atoms with Crippen molar-refractivity contribution >= 4 is 22.6 Å². The van der Waals surface area contributed by atoms with E-state index in [0.29, 0.717) is 8.84 Å². The van der Waals surface area contributed by atoms with Crippen LogP contribution in [0.1, 0.15) is 75.8 Å². The summed E-state index contributed by atoms with van der Waals surface area (Å²) < 4.78 is 0.547. The van der Waals surface area contributed by atoms with Crippen LogP contribution in [0.5, 0.6) is 11.5 Å². The van der Waals surface area contributed by atoms with Gasteiger partial charge >= 0.3 is 0 Å². The van der Waals surface area contributed by atoms with E-state index in [1.165, 1.54) is 44.9 Å². The number of rotatable bonds is 9. The summed E-state index contributed by atoms with van der Waals surface area (Å²) in [5, 5.41) is 20.2. The molecule has 2 aliphatic rings. The lowest BCUT2D eigenvalue weighted by molar-refractivity contribution is 0.422. The first-order valence-electron chi connectivity index (χ1n) is 9.18. The van der Waals surface area contributed by atoms with Gasteiger partial charge in [0.05, 0.1) is 0 Å². The third-order valence-corrected chi connectivity index (χ3v) is 7.62. The Bertz CT molecular complexity index is 559. The molecule has 2 N–H and O–H groups in total. The number of hydrogen-bond donors (Lipinski definition) is 2. The number of phenolic OH excluding ortho intramolecular Hbond substituents is 2. The van der Waals surface area contributed by atoms with Crippen LogP contribution < -0.4 is 0 Å². The molecule has 0 unspecified atom stereocenters. The highest BCUT2D eigenvalue weighted by atomic mass is 127. The Morgan fingerprint density at radius 2 is 1.48 bits per heavy atom. The van der Waals surface area contributed by atoms with Gasteiger partial charge in [-0.25, -0.2) is 0 Å². The maximum absolute atomic E-state index is 10.1. The number of alkyl halides is 1. The van der Waals surface area contributed by atoms with Crippen LogP contribution in [-0.4, -0.2) is 13.6 Å². The molecule has 128 valence electrons. The van der Waals surface area contributed by atoms with Crippen LogP contribution in [0.2, 0.25) is 0 Å². The summed E-state index contributed by atoms with van der Waals surface area (Å²) in [5.41, 5.74) is 2.64. The normalized spacial score (nSPS) is 20.4. The maximum atomic E-state index is 10.1. The van der Waals surface area contributed by atoms with Crippen molar-refractivity contribution in [2.24, 2.45) is 5.41 Å². The Labute approximate surface area is 153 Å². The quantitative estimate of drug-likeness (QED) is 0.380. The summed E-state index contributed by atoms with van der Waals surface area (Å²) >= 11 is 2.58. The van der Waals surface area contributed by atoms with E-state index in [4.69, 9.17) is 0 Å². The predicted molar refractivity (Wildman–Crippen MR) is 104 cm³/mol. The summed E-state index contributed by atoms with van der Waals surface area (Å²) in [4.78, 5) is 0. The van der Waals surface area contributed by atoms with Gasteiger partial charge in [0, 0.05) is 9.49 Å². The SMILES string of the molecule is CCC1(CCCc2cc(CCCC3(I)CC3)c(O)cc2O)CC1. The highest BCUT2D eigenvalue weighted by Gasteiger charge is 2.39. The first kappa shape index (κ1) is 17.4. The molecule has 0 atom stereocenters. The number of aryl methyl sites for hydroxylation is 2. The topological polar surface area (TPSA) is 40.5 Å². The van der Waals surface area contributed by atoms with Gasteiger partial charge in [0.2, 0.25) is 0 Å². The Morgan fingerprint density at radius 1 is 0.913 bits per heavy atom. The standard InChI is InChI=1S/C20H29IO2/c1-2-19(9-10-19)7-3-5-15-13-16(18(23)14-17(15)22)6-4-8-20(21)11-12-20/h13-14,22-23H,2-12H2,1H3. The molecule has 0 radical (unpaired) electrons. The zero-order valence-corrected chi connectivity index (χ0v) is 16.4. The highest BCUT2D eigenvalue weighted by molar-refractivity contribution is 14.1. The lowest BCUT2D eigenvalue weighted by Crippen LogP contribution is -2.00. The molecular formula is C20H29IO2. The van der Waals surface area contributed by atoms with Crippen molar-refractivity contribution in [3.63, 3.8) is 0 Å². The van der Waals surface area contributed by atoms with Crippen molar-refractivity contribution in [3.05, 3.63) is 23.3 Å². The smallest absolute Gasteiger partial charge is 0.122 e.